The van der Waals surface area contributed by atoms with E-state index in [2.05, 4.69) is 22.9 Å². The first-order valence-corrected chi connectivity index (χ1v) is 21.3. The lowest BCUT2D eigenvalue weighted by Gasteiger charge is -2.36. The number of carbonyl (C=O) groups excluding carboxylic acids is 5. The molecule has 1 aromatic carbocycles. The maximum Gasteiger partial charge on any atom is 0.329 e. The summed E-state index contributed by atoms with van der Waals surface area (Å²) in [4.78, 5) is 75.3. The number of hydrogen-bond acceptors (Lipinski definition) is 10. The van der Waals surface area contributed by atoms with E-state index in [1.807, 2.05) is 53.7 Å². The molecule has 9 atom stereocenters. The van der Waals surface area contributed by atoms with Gasteiger partial charge < -0.3 is 35.4 Å². The number of hydrogen-bond donors (Lipinski definition) is 4. The lowest BCUT2D eigenvalue weighted by Crippen LogP contribution is -2.58. The summed E-state index contributed by atoms with van der Waals surface area (Å²) in [7, 11) is 1.56. The summed E-state index contributed by atoms with van der Waals surface area (Å²) in [6, 6.07) is 3.30. The number of nitrogens with zero attached hydrogens (tertiary/aromatic N) is 2. The van der Waals surface area contributed by atoms with Gasteiger partial charge in [-0.05, 0) is 80.4 Å². The fourth-order valence-electron chi connectivity index (χ4n) is 7.48. The molecule has 0 radical (unpaired) electrons. The number of fused-ring (bicyclic) bond motifs is 2. The summed E-state index contributed by atoms with van der Waals surface area (Å²) in [6.45, 7) is 15.6. The zero-order valence-electron chi connectivity index (χ0n) is 34.8. The average Bonchev–Trinajstić information content (AvgIpc) is 3.65. The van der Waals surface area contributed by atoms with Crippen LogP contribution < -0.4 is 20.7 Å². The van der Waals surface area contributed by atoms with Crippen LogP contribution >= 0.6 is 11.8 Å². The van der Waals surface area contributed by atoms with Crippen molar-refractivity contribution in [3.63, 3.8) is 0 Å². The number of aliphatic hydroxyl groups is 1. The van der Waals surface area contributed by atoms with Gasteiger partial charge in [-0.25, -0.2) is 4.79 Å². The zero-order chi connectivity index (χ0) is 41.3. The molecule has 1 saturated heterocycles. The lowest BCUT2D eigenvalue weighted by atomic mass is 9.81. The molecular formula is C42H65N5O8S. The van der Waals surface area contributed by atoms with Crippen LogP contribution in [0.3, 0.4) is 0 Å². The minimum Gasteiger partial charge on any atom is -0.497 e. The Hall–Kier alpha value is -3.65. The second kappa shape index (κ2) is 20.2. The van der Waals surface area contributed by atoms with E-state index in [9.17, 15) is 29.1 Å². The van der Waals surface area contributed by atoms with E-state index in [0.717, 1.165) is 22.8 Å². The number of rotatable bonds is 4. The number of benzene rings is 1. The van der Waals surface area contributed by atoms with Crippen LogP contribution in [0.1, 0.15) is 106 Å². The number of aliphatic imine (C=N–C) groups is 1. The van der Waals surface area contributed by atoms with Crippen LogP contribution in [-0.2, 0) is 35.1 Å². The predicted octanol–water partition coefficient (Wildman–Crippen LogP) is 4.43. The van der Waals surface area contributed by atoms with Gasteiger partial charge in [-0.1, -0.05) is 60.6 Å². The molecule has 4 rings (SSSR count). The number of aliphatic hydroxyl groups excluding tert-OH is 1. The SMILES string of the molecule is COc1ccc(C[C@@H]2NC(=O)CC[C@@H]3CCSC(=N3)[C@@H](C)[C@@H](O)C[C@H](C)C[C@@H](C(C)(C)C)OC(=O)[C@@H]3CCCN3C(=O)[C@H](C(C)C)NC(=O)[C@H](C)NC2=O)cc1. The Kier molecular flexibility index (Phi) is 16.2. The third-order valence-corrected chi connectivity index (χ3v) is 12.4. The van der Waals surface area contributed by atoms with Gasteiger partial charge in [0.1, 0.15) is 36.0 Å². The highest BCUT2D eigenvalue weighted by Crippen LogP contribution is 2.33. The van der Waals surface area contributed by atoms with E-state index in [1.165, 1.54) is 11.8 Å². The van der Waals surface area contributed by atoms with Crippen molar-refractivity contribution in [2.45, 2.75) is 149 Å². The molecule has 0 saturated carbocycles. The second-order valence-corrected chi connectivity index (χ2v) is 18.5. The normalized spacial score (nSPS) is 31.2. The molecule has 14 heteroatoms. The summed E-state index contributed by atoms with van der Waals surface area (Å²) in [5.41, 5.74) is 0.383. The van der Waals surface area contributed by atoms with Crippen molar-refractivity contribution in [3.8, 4) is 5.75 Å². The first-order valence-electron chi connectivity index (χ1n) is 20.3. The van der Waals surface area contributed by atoms with E-state index in [4.69, 9.17) is 14.5 Å². The topological polar surface area (TPSA) is 176 Å². The van der Waals surface area contributed by atoms with Crippen molar-refractivity contribution in [2.75, 3.05) is 19.4 Å². The fourth-order valence-corrected chi connectivity index (χ4v) is 8.72. The molecule has 0 aromatic heterocycles. The van der Waals surface area contributed by atoms with Gasteiger partial charge in [0.2, 0.25) is 23.6 Å². The average molecular weight is 800 g/mol. The number of cyclic esters (lactones) is 1. The van der Waals surface area contributed by atoms with Gasteiger partial charge >= 0.3 is 5.97 Å². The predicted molar refractivity (Wildman–Crippen MR) is 218 cm³/mol. The van der Waals surface area contributed by atoms with Crippen molar-refractivity contribution < 1.29 is 38.6 Å². The largest absolute Gasteiger partial charge is 0.497 e. The quantitative estimate of drug-likeness (QED) is 0.321. The summed E-state index contributed by atoms with van der Waals surface area (Å²) < 4.78 is 11.5. The van der Waals surface area contributed by atoms with Crippen LogP contribution in [0.15, 0.2) is 29.3 Å². The molecule has 3 aliphatic heterocycles. The first-order chi connectivity index (χ1) is 26.4. The third kappa shape index (κ3) is 12.4. The van der Waals surface area contributed by atoms with Gasteiger partial charge in [-0.3, -0.25) is 24.2 Å². The number of amides is 4. The Morgan fingerprint density at radius 2 is 1.66 bits per heavy atom. The molecule has 0 spiro atoms. The van der Waals surface area contributed by atoms with E-state index in [0.29, 0.717) is 44.4 Å². The molecule has 312 valence electrons. The molecule has 0 unspecified atom stereocenters. The molecule has 1 fully saturated rings. The summed E-state index contributed by atoms with van der Waals surface area (Å²) in [5, 5.41) is 20.8. The van der Waals surface area contributed by atoms with Gasteiger partial charge in [-0.2, -0.15) is 0 Å². The van der Waals surface area contributed by atoms with E-state index < -0.39 is 59.6 Å². The van der Waals surface area contributed by atoms with Crippen molar-refractivity contribution in [1.29, 1.82) is 0 Å². The highest BCUT2D eigenvalue weighted by Gasteiger charge is 2.42. The number of nitrogens with one attached hydrogen (secondary N) is 3. The highest BCUT2D eigenvalue weighted by molar-refractivity contribution is 8.14. The number of thioether (sulfide) groups is 1. The molecule has 56 heavy (non-hydrogen) atoms. The van der Waals surface area contributed by atoms with Crippen molar-refractivity contribution in [1.82, 2.24) is 20.9 Å². The molecule has 13 nitrogen and oxygen atoms in total. The second-order valence-electron chi connectivity index (χ2n) is 17.3. The molecule has 1 aromatic rings. The van der Waals surface area contributed by atoms with Crippen LogP contribution in [0.2, 0.25) is 0 Å². The lowest BCUT2D eigenvalue weighted by molar-refractivity contribution is -0.164. The van der Waals surface area contributed by atoms with Crippen LogP contribution in [0.5, 0.6) is 5.75 Å². The molecule has 3 aliphatic rings. The Balaban J connectivity index is 1.63. The molecule has 4 amide bonds. The van der Waals surface area contributed by atoms with Crippen LogP contribution in [0.4, 0.5) is 0 Å². The maximum atomic E-state index is 14.1. The van der Waals surface area contributed by atoms with E-state index in [-0.39, 0.29) is 48.5 Å². The first kappa shape index (κ1) is 45.1. The number of ether oxygens (including phenoxy) is 2. The van der Waals surface area contributed by atoms with Gasteiger partial charge in [-0.15, -0.1) is 11.8 Å². The van der Waals surface area contributed by atoms with Crippen molar-refractivity contribution in [3.05, 3.63) is 29.8 Å². The van der Waals surface area contributed by atoms with Gasteiger partial charge in [0.25, 0.3) is 0 Å². The highest BCUT2D eigenvalue weighted by atomic mass is 32.2. The molecule has 2 bridgehead atoms. The fraction of sp³-hybridized carbons (Fsp3) is 0.714. The van der Waals surface area contributed by atoms with Crippen LogP contribution in [0, 0.1) is 23.2 Å². The molecule has 4 N–H and O–H groups in total. The minimum atomic E-state index is -1.04. The van der Waals surface area contributed by atoms with E-state index in [1.54, 1.807) is 31.0 Å². The maximum absolute atomic E-state index is 14.1. The third-order valence-electron chi connectivity index (χ3n) is 11.2. The van der Waals surface area contributed by atoms with Gasteiger partial charge in [0.15, 0.2) is 0 Å². The number of esters is 1. The molecule has 0 aliphatic carbocycles. The molecular weight excluding hydrogens is 735 g/mol. The van der Waals surface area contributed by atoms with Gasteiger partial charge in [0, 0.05) is 31.1 Å². The Labute approximate surface area is 337 Å². The van der Waals surface area contributed by atoms with Crippen LogP contribution in [-0.4, -0.2) is 106 Å². The van der Waals surface area contributed by atoms with Gasteiger partial charge in [0.05, 0.1) is 24.3 Å². The Morgan fingerprint density at radius 1 is 0.964 bits per heavy atom. The summed E-state index contributed by atoms with van der Waals surface area (Å²) in [6.07, 6.45) is 2.52. The van der Waals surface area contributed by atoms with Crippen molar-refractivity contribution in [2.24, 2.45) is 28.2 Å². The monoisotopic (exact) mass is 799 g/mol. The Bertz CT molecular complexity index is 1560. The van der Waals surface area contributed by atoms with Crippen molar-refractivity contribution >= 4 is 46.4 Å². The summed E-state index contributed by atoms with van der Waals surface area (Å²) in [5.74, 6) is -1.33. The van der Waals surface area contributed by atoms with Crippen LogP contribution in [0.25, 0.3) is 0 Å². The van der Waals surface area contributed by atoms with E-state index >= 15 is 0 Å². The number of methoxy groups -OCH3 is 1. The zero-order valence-corrected chi connectivity index (χ0v) is 35.6. The number of carbonyl (C=O) groups is 5. The standard InChI is InChI=1S/C42H65N5O8S/c1-24(2)36-40(52)47-19-10-11-32(47)41(53)55-34(42(6,7)8)22-25(3)21-33(48)26(4)39-44-29(18-20-56-39)14-17-35(49)45-31(38(51)43-27(5)37(50)46-36)23-28-12-15-30(54-9)16-13-28/h12-13,15-16,24-27,29,31-34,36,48H,10-11,14,17-23H2,1-9H3,(H,43,51)(H,45,49)(H,46,50)/t25-,26-,27-,29+,31-,32-,33-,34-,36-/m0/s1. The summed E-state index contributed by atoms with van der Waals surface area (Å²) >= 11 is 1.63. The smallest absolute Gasteiger partial charge is 0.329 e. The minimum absolute atomic E-state index is 0.0126. The Morgan fingerprint density at radius 3 is 2.30 bits per heavy atom. The molecule has 3 heterocycles.